The fourth-order valence-electron chi connectivity index (χ4n) is 1.87. The van der Waals surface area contributed by atoms with Gasteiger partial charge in [-0.25, -0.2) is 25.9 Å². The van der Waals surface area contributed by atoms with Crippen molar-refractivity contribution in [2.24, 2.45) is 0 Å². The molecule has 0 fully saturated rings. The molecule has 6 nitrogen and oxygen atoms in total. The van der Waals surface area contributed by atoms with Crippen LogP contribution in [-0.4, -0.2) is 47.0 Å². The lowest BCUT2D eigenvalue weighted by Gasteiger charge is -2.19. The summed E-state index contributed by atoms with van der Waals surface area (Å²) in [4.78, 5) is 0.107. The van der Waals surface area contributed by atoms with Crippen LogP contribution in [0.25, 0.3) is 0 Å². The third kappa shape index (κ3) is 5.51. The summed E-state index contributed by atoms with van der Waals surface area (Å²) in [5, 5.41) is 0.491. The minimum absolute atomic E-state index is 0.0110. The molecular weight excluding hydrogens is 348 g/mol. The highest BCUT2D eigenvalue weighted by molar-refractivity contribution is 7.89. The molecule has 0 aliphatic carbocycles. The first-order valence-electron chi connectivity index (χ1n) is 6.79. The number of halogens is 1. The quantitative estimate of drug-likeness (QED) is 0.755. The van der Waals surface area contributed by atoms with E-state index in [0.717, 1.165) is 6.26 Å². The molecule has 1 N–H and O–H groups in total. The van der Waals surface area contributed by atoms with Crippen LogP contribution < -0.4 is 4.72 Å². The number of nitrogens with one attached hydrogen (secondary N) is 1. The van der Waals surface area contributed by atoms with Crippen molar-refractivity contribution < 1.29 is 16.8 Å². The Hall–Kier alpha value is -0.670. The lowest BCUT2D eigenvalue weighted by atomic mass is 10.2. The number of aryl methyl sites for hydroxylation is 1. The van der Waals surface area contributed by atoms with Crippen LogP contribution in [0.15, 0.2) is 23.1 Å². The third-order valence-corrected chi connectivity index (χ3v) is 6.22. The van der Waals surface area contributed by atoms with Crippen molar-refractivity contribution in [1.29, 1.82) is 0 Å². The summed E-state index contributed by atoms with van der Waals surface area (Å²) < 4.78 is 51.1. The zero-order valence-corrected chi connectivity index (χ0v) is 15.2. The Kier molecular flexibility index (Phi) is 6.82. The Balaban J connectivity index is 2.75. The zero-order valence-electron chi connectivity index (χ0n) is 12.8. The van der Waals surface area contributed by atoms with Gasteiger partial charge in [0.1, 0.15) is 0 Å². The van der Waals surface area contributed by atoms with E-state index in [0.29, 0.717) is 23.6 Å². The second kappa shape index (κ2) is 7.74. The molecule has 0 bridgehead atoms. The molecular formula is C13H21ClN2O4S2. The molecule has 0 aliphatic heterocycles. The Labute approximate surface area is 137 Å². The van der Waals surface area contributed by atoms with E-state index >= 15 is 0 Å². The van der Waals surface area contributed by atoms with Crippen LogP contribution in [0.1, 0.15) is 18.9 Å². The molecule has 0 aliphatic rings. The Morgan fingerprint density at radius 3 is 2.32 bits per heavy atom. The number of nitrogens with zero attached hydrogens (tertiary/aromatic N) is 1. The standard InChI is InChI=1S/C13H21ClN2O4S2/c1-4-8-16(21(3,17)18)9-7-15-22(19,20)12-5-6-13(14)11(2)10-12/h5-6,10,15H,4,7-9H2,1-3H3. The van der Waals surface area contributed by atoms with Crippen molar-refractivity contribution in [3.63, 3.8) is 0 Å². The maximum absolute atomic E-state index is 12.2. The summed E-state index contributed by atoms with van der Waals surface area (Å²) in [6.45, 7) is 4.04. The highest BCUT2D eigenvalue weighted by Gasteiger charge is 2.18. The highest BCUT2D eigenvalue weighted by atomic mass is 35.5. The van der Waals surface area contributed by atoms with Gasteiger partial charge in [0.15, 0.2) is 0 Å². The van der Waals surface area contributed by atoms with E-state index < -0.39 is 20.0 Å². The van der Waals surface area contributed by atoms with E-state index in [4.69, 9.17) is 11.6 Å². The van der Waals surface area contributed by atoms with E-state index in [1.807, 2.05) is 6.92 Å². The van der Waals surface area contributed by atoms with Crippen LogP contribution in [0.4, 0.5) is 0 Å². The topological polar surface area (TPSA) is 83.6 Å². The lowest BCUT2D eigenvalue weighted by molar-refractivity contribution is 0.416. The van der Waals surface area contributed by atoms with Gasteiger partial charge in [-0.05, 0) is 37.1 Å². The number of hydrogen-bond donors (Lipinski definition) is 1. The summed E-state index contributed by atoms with van der Waals surface area (Å²) in [6, 6.07) is 4.41. The van der Waals surface area contributed by atoms with Gasteiger partial charge in [-0.2, -0.15) is 0 Å². The van der Waals surface area contributed by atoms with Gasteiger partial charge in [0, 0.05) is 24.7 Å². The molecule has 22 heavy (non-hydrogen) atoms. The van der Waals surface area contributed by atoms with Gasteiger partial charge in [-0.3, -0.25) is 0 Å². The van der Waals surface area contributed by atoms with E-state index in [-0.39, 0.29) is 18.0 Å². The molecule has 0 unspecified atom stereocenters. The fourth-order valence-corrected chi connectivity index (χ4v) is 4.03. The van der Waals surface area contributed by atoms with Crippen molar-refractivity contribution in [2.75, 3.05) is 25.9 Å². The number of hydrogen-bond acceptors (Lipinski definition) is 4. The predicted molar refractivity (Wildman–Crippen MR) is 88.1 cm³/mol. The van der Waals surface area contributed by atoms with Crippen molar-refractivity contribution in [2.45, 2.75) is 25.2 Å². The monoisotopic (exact) mass is 368 g/mol. The largest absolute Gasteiger partial charge is 0.240 e. The number of sulfonamides is 2. The minimum atomic E-state index is -3.69. The van der Waals surface area contributed by atoms with Gasteiger partial charge in [0.25, 0.3) is 0 Å². The second-order valence-electron chi connectivity index (χ2n) is 4.97. The van der Waals surface area contributed by atoms with Gasteiger partial charge in [0.2, 0.25) is 20.0 Å². The summed E-state index contributed by atoms with van der Waals surface area (Å²) in [5.41, 5.74) is 0.660. The molecule has 1 aromatic rings. The average molecular weight is 369 g/mol. The molecule has 126 valence electrons. The van der Waals surface area contributed by atoms with Crippen LogP contribution in [0.5, 0.6) is 0 Å². The first kappa shape index (κ1) is 19.4. The van der Waals surface area contributed by atoms with E-state index in [1.165, 1.54) is 22.5 Å². The molecule has 1 rings (SSSR count). The Morgan fingerprint density at radius 2 is 1.82 bits per heavy atom. The fraction of sp³-hybridized carbons (Fsp3) is 0.538. The normalized spacial score (nSPS) is 12.8. The molecule has 0 spiro atoms. The maximum Gasteiger partial charge on any atom is 0.240 e. The van der Waals surface area contributed by atoms with Crippen molar-refractivity contribution in [3.8, 4) is 0 Å². The van der Waals surface area contributed by atoms with E-state index in [2.05, 4.69) is 4.72 Å². The summed E-state index contributed by atoms with van der Waals surface area (Å²) >= 11 is 5.87. The van der Waals surface area contributed by atoms with Crippen LogP contribution in [0.3, 0.4) is 0 Å². The van der Waals surface area contributed by atoms with E-state index in [9.17, 15) is 16.8 Å². The number of rotatable bonds is 8. The van der Waals surface area contributed by atoms with Crippen molar-refractivity contribution >= 4 is 31.6 Å². The molecule has 0 heterocycles. The zero-order chi connectivity index (χ0) is 17.0. The smallest absolute Gasteiger partial charge is 0.213 e. The van der Waals surface area contributed by atoms with Gasteiger partial charge in [-0.15, -0.1) is 0 Å². The van der Waals surface area contributed by atoms with Gasteiger partial charge in [-0.1, -0.05) is 18.5 Å². The summed E-state index contributed by atoms with van der Waals surface area (Å²) in [6.07, 6.45) is 1.77. The summed E-state index contributed by atoms with van der Waals surface area (Å²) in [5.74, 6) is 0. The maximum atomic E-state index is 12.2. The van der Waals surface area contributed by atoms with Crippen molar-refractivity contribution in [3.05, 3.63) is 28.8 Å². The van der Waals surface area contributed by atoms with Crippen LogP contribution in [-0.2, 0) is 20.0 Å². The van der Waals surface area contributed by atoms with Crippen LogP contribution in [0.2, 0.25) is 5.02 Å². The van der Waals surface area contributed by atoms with Crippen LogP contribution >= 0.6 is 11.6 Å². The molecule has 0 saturated heterocycles. The Morgan fingerprint density at radius 1 is 1.18 bits per heavy atom. The lowest BCUT2D eigenvalue weighted by Crippen LogP contribution is -2.38. The third-order valence-electron chi connectivity index (χ3n) is 3.04. The first-order chi connectivity index (χ1) is 10.1. The highest BCUT2D eigenvalue weighted by Crippen LogP contribution is 2.19. The van der Waals surface area contributed by atoms with Gasteiger partial charge in [0.05, 0.1) is 11.2 Å². The number of benzene rings is 1. The Bertz CT molecular complexity index is 718. The minimum Gasteiger partial charge on any atom is -0.213 e. The van der Waals surface area contributed by atoms with Crippen molar-refractivity contribution in [1.82, 2.24) is 9.03 Å². The molecule has 0 atom stereocenters. The SMILES string of the molecule is CCCN(CCNS(=O)(=O)c1ccc(Cl)c(C)c1)S(C)(=O)=O. The van der Waals surface area contributed by atoms with Crippen LogP contribution in [0, 0.1) is 6.92 Å². The van der Waals surface area contributed by atoms with Gasteiger partial charge < -0.3 is 0 Å². The summed E-state index contributed by atoms with van der Waals surface area (Å²) in [7, 11) is -7.03. The molecule has 0 saturated carbocycles. The molecule has 0 radical (unpaired) electrons. The molecule has 0 aromatic heterocycles. The molecule has 0 amide bonds. The van der Waals surface area contributed by atoms with E-state index in [1.54, 1.807) is 6.92 Å². The predicted octanol–water partition coefficient (Wildman–Crippen LogP) is 1.60. The molecule has 9 heteroatoms. The van der Waals surface area contributed by atoms with Gasteiger partial charge >= 0.3 is 0 Å². The second-order valence-corrected chi connectivity index (χ2v) is 9.13. The molecule has 1 aromatic carbocycles. The first-order valence-corrected chi connectivity index (χ1v) is 10.5. The average Bonchev–Trinajstić information content (AvgIpc) is 2.39.